The molecular weight excluding hydrogens is 254 g/mol. The zero-order chi connectivity index (χ0) is 12.7. The number of terminal acetylenes is 1. The molecule has 0 saturated carbocycles. The van der Waals surface area contributed by atoms with E-state index in [1.165, 1.54) is 0 Å². The van der Waals surface area contributed by atoms with Crippen molar-refractivity contribution in [3.63, 3.8) is 0 Å². The van der Waals surface area contributed by atoms with E-state index in [4.69, 9.17) is 20.6 Å². The molecular formula is C13H18ClNO3. The number of hydrogen-bond acceptors (Lipinski definition) is 4. The van der Waals surface area contributed by atoms with Gasteiger partial charge in [0.15, 0.2) is 11.5 Å². The Labute approximate surface area is 114 Å². The van der Waals surface area contributed by atoms with E-state index in [1.807, 2.05) is 12.1 Å². The topological polar surface area (TPSA) is 39.7 Å². The Balaban J connectivity index is 0.00000289. The van der Waals surface area contributed by atoms with Crippen molar-refractivity contribution in [3.8, 4) is 29.6 Å². The highest BCUT2D eigenvalue weighted by Gasteiger charge is 2.14. The van der Waals surface area contributed by atoms with Gasteiger partial charge < -0.3 is 19.5 Å². The second kappa shape index (κ2) is 8.51. The van der Waals surface area contributed by atoms with Crippen molar-refractivity contribution < 1.29 is 14.2 Å². The second-order valence-corrected chi connectivity index (χ2v) is 3.30. The fraction of sp³-hybridized carbons (Fsp3) is 0.385. The quantitative estimate of drug-likeness (QED) is 0.633. The minimum Gasteiger partial charge on any atom is -0.493 e. The van der Waals surface area contributed by atoms with Gasteiger partial charge >= 0.3 is 0 Å². The number of rotatable bonds is 6. The molecule has 0 radical (unpaired) electrons. The van der Waals surface area contributed by atoms with E-state index in [1.54, 1.807) is 21.3 Å². The third kappa shape index (κ3) is 3.73. The lowest BCUT2D eigenvalue weighted by Crippen LogP contribution is -2.14. The van der Waals surface area contributed by atoms with Crippen LogP contribution in [0.1, 0.15) is 5.56 Å². The van der Waals surface area contributed by atoms with Gasteiger partial charge in [-0.1, -0.05) is 12.0 Å². The number of halogens is 1. The van der Waals surface area contributed by atoms with Crippen LogP contribution in [0.2, 0.25) is 0 Å². The molecule has 0 amide bonds. The highest BCUT2D eigenvalue weighted by atomic mass is 35.5. The first-order valence-electron chi connectivity index (χ1n) is 5.20. The summed E-state index contributed by atoms with van der Waals surface area (Å²) >= 11 is 0. The molecule has 1 N–H and O–H groups in total. The molecule has 4 nitrogen and oxygen atoms in total. The zero-order valence-electron chi connectivity index (χ0n) is 10.8. The molecule has 100 valence electrons. The van der Waals surface area contributed by atoms with Crippen LogP contribution < -0.4 is 19.5 Å². The number of benzene rings is 1. The third-order valence-corrected chi connectivity index (χ3v) is 2.33. The Morgan fingerprint density at radius 2 is 1.78 bits per heavy atom. The van der Waals surface area contributed by atoms with Crippen LogP contribution in [-0.4, -0.2) is 27.9 Å². The van der Waals surface area contributed by atoms with Gasteiger partial charge in [0, 0.05) is 12.1 Å². The first kappa shape index (κ1) is 16.4. The highest BCUT2D eigenvalue weighted by Crippen LogP contribution is 2.39. The van der Waals surface area contributed by atoms with Gasteiger partial charge in [0.05, 0.1) is 27.9 Å². The maximum atomic E-state index is 5.34. The summed E-state index contributed by atoms with van der Waals surface area (Å²) in [5, 5.41) is 3.10. The molecule has 0 aliphatic rings. The van der Waals surface area contributed by atoms with Crippen LogP contribution in [-0.2, 0) is 6.54 Å². The number of ether oxygens (including phenoxy) is 3. The summed E-state index contributed by atoms with van der Waals surface area (Å²) in [4.78, 5) is 0. The van der Waals surface area contributed by atoms with E-state index in [-0.39, 0.29) is 12.4 Å². The molecule has 0 heterocycles. The molecule has 18 heavy (non-hydrogen) atoms. The maximum Gasteiger partial charge on any atom is 0.203 e. The predicted molar refractivity (Wildman–Crippen MR) is 73.9 cm³/mol. The summed E-state index contributed by atoms with van der Waals surface area (Å²) in [6.45, 7) is 1.13. The normalized spacial score (nSPS) is 9.00. The third-order valence-electron chi connectivity index (χ3n) is 2.33. The van der Waals surface area contributed by atoms with E-state index in [9.17, 15) is 0 Å². The van der Waals surface area contributed by atoms with Crippen LogP contribution in [0.15, 0.2) is 12.1 Å². The summed E-state index contributed by atoms with van der Waals surface area (Å²) in [5.41, 5.74) is 0.973. The van der Waals surface area contributed by atoms with E-state index in [0.717, 1.165) is 5.56 Å². The van der Waals surface area contributed by atoms with E-state index >= 15 is 0 Å². The van der Waals surface area contributed by atoms with Crippen LogP contribution in [0.5, 0.6) is 17.2 Å². The van der Waals surface area contributed by atoms with Crippen molar-refractivity contribution in [2.45, 2.75) is 6.54 Å². The molecule has 0 fully saturated rings. The average molecular weight is 272 g/mol. The lowest BCUT2D eigenvalue weighted by molar-refractivity contribution is 0.321. The summed E-state index contributed by atoms with van der Waals surface area (Å²) in [6.07, 6.45) is 5.18. The zero-order valence-corrected chi connectivity index (χ0v) is 11.6. The fourth-order valence-electron chi connectivity index (χ4n) is 1.57. The standard InChI is InChI=1S/C13H17NO3.ClH/c1-5-8-14-9-10-6-7-11(15-2)13(17-4)12(10)16-3;/h1,6-7,14H,8-9H2,2-4H3;1H. The minimum atomic E-state index is 0. The van der Waals surface area contributed by atoms with E-state index in [2.05, 4.69) is 11.2 Å². The molecule has 0 bridgehead atoms. The Bertz CT molecular complexity index is 415. The number of nitrogens with one attached hydrogen (secondary N) is 1. The second-order valence-electron chi connectivity index (χ2n) is 3.30. The largest absolute Gasteiger partial charge is 0.493 e. The van der Waals surface area contributed by atoms with Crippen molar-refractivity contribution in [2.75, 3.05) is 27.9 Å². The molecule has 1 aromatic rings. The molecule has 0 aliphatic carbocycles. The minimum absolute atomic E-state index is 0. The molecule has 5 heteroatoms. The molecule has 0 aromatic heterocycles. The summed E-state index contributed by atoms with van der Waals surface area (Å²) < 4.78 is 15.8. The van der Waals surface area contributed by atoms with Gasteiger partial charge in [-0.15, -0.1) is 18.8 Å². The predicted octanol–water partition coefficient (Wildman–Crippen LogP) is 1.86. The van der Waals surface area contributed by atoms with Gasteiger partial charge in [-0.25, -0.2) is 0 Å². The Morgan fingerprint density at radius 1 is 1.11 bits per heavy atom. The molecule has 1 aromatic carbocycles. The number of hydrogen-bond donors (Lipinski definition) is 1. The molecule has 0 saturated heterocycles. The van der Waals surface area contributed by atoms with Gasteiger partial charge in [-0.2, -0.15) is 0 Å². The maximum absolute atomic E-state index is 5.34. The highest BCUT2D eigenvalue weighted by molar-refractivity contribution is 5.85. The van der Waals surface area contributed by atoms with Gasteiger partial charge in [-0.3, -0.25) is 0 Å². The average Bonchev–Trinajstić information content (AvgIpc) is 2.38. The monoisotopic (exact) mass is 271 g/mol. The first-order chi connectivity index (χ1) is 8.28. The van der Waals surface area contributed by atoms with Crippen molar-refractivity contribution in [3.05, 3.63) is 17.7 Å². The van der Waals surface area contributed by atoms with Crippen LogP contribution in [0, 0.1) is 12.3 Å². The van der Waals surface area contributed by atoms with Gasteiger partial charge in [0.25, 0.3) is 0 Å². The molecule has 0 unspecified atom stereocenters. The Morgan fingerprint density at radius 3 is 2.28 bits per heavy atom. The van der Waals surface area contributed by atoms with E-state index < -0.39 is 0 Å². The molecule has 0 aliphatic heterocycles. The van der Waals surface area contributed by atoms with Crippen molar-refractivity contribution in [2.24, 2.45) is 0 Å². The van der Waals surface area contributed by atoms with Gasteiger partial charge in [0.2, 0.25) is 5.75 Å². The van der Waals surface area contributed by atoms with Crippen LogP contribution in [0.3, 0.4) is 0 Å². The van der Waals surface area contributed by atoms with Crippen LogP contribution >= 0.6 is 12.4 Å². The smallest absolute Gasteiger partial charge is 0.203 e. The van der Waals surface area contributed by atoms with Crippen molar-refractivity contribution in [1.82, 2.24) is 5.32 Å². The van der Waals surface area contributed by atoms with Gasteiger partial charge in [-0.05, 0) is 6.07 Å². The van der Waals surface area contributed by atoms with Gasteiger partial charge in [0.1, 0.15) is 0 Å². The Hall–Kier alpha value is -1.57. The lowest BCUT2D eigenvalue weighted by atomic mass is 10.1. The lowest BCUT2D eigenvalue weighted by Gasteiger charge is -2.15. The Kier molecular flexibility index (Phi) is 7.77. The van der Waals surface area contributed by atoms with Crippen molar-refractivity contribution in [1.29, 1.82) is 0 Å². The fourth-order valence-corrected chi connectivity index (χ4v) is 1.57. The molecule has 0 atom stereocenters. The summed E-state index contributed by atoms with van der Waals surface area (Å²) in [7, 11) is 4.77. The first-order valence-corrected chi connectivity index (χ1v) is 5.20. The summed E-state index contributed by atoms with van der Waals surface area (Å²) in [5.74, 6) is 4.42. The SMILES string of the molecule is C#CCNCc1ccc(OC)c(OC)c1OC.Cl. The molecule has 0 spiro atoms. The van der Waals surface area contributed by atoms with Crippen molar-refractivity contribution >= 4 is 12.4 Å². The van der Waals surface area contributed by atoms with Crippen LogP contribution in [0.25, 0.3) is 0 Å². The number of methoxy groups -OCH3 is 3. The summed E-state index contributed by atoms with van der Waals surface area (Å²) in [6, 6.07) is 3.76. The van der Waals surface area contributed by atoms with Crippen LogP contribution in [0.4, 0.5) is 0 Å². The molecule has 1 rings (SSSR count). The van der Waals surface area contributed by atoms with E-state index in [0.29, 0.717) is 30.3 Å².